The summed E-state index contributed by atoms with van der Waals surface area (Å²) in [6, 6.07) is 2.16. The van der Waals surface area contributed by atoms with Gasteiger partial charge in [-0.05, 0) is 6.07 Å². The second kappa shape index (κ2) is 4.96. The number of nitro benzene ring substituents is 1. The zero-order valence-corrected chi connectivity index (χ0v) is 9.95. The summed E-state index contributed by atoms with van der Waals surface area (Å²) < 4.78 is 0. The molecule has 2 amide bonds. The van der Waals surface area contributed by atoms with E-state index in [1.807, 2.05) is 0 Å². The van der Waals surface area contributed by atoms with Gasteiger partial charge in [0.2, 0.25) is 5.91 Å². The molecule has 0 bridgehead atoms. The molecule has 0 saturated carbocycles. The molecule has 1 atom stereocenters. The number of fused-ring (bicyclic) bond motifs is 1. The van der Waals surface area contributed by atoms with E-state index >= 15 is 0 Å². The van der Waals surface area contributed by atoms with Crippen molar-refractivity contribution in [3.63, 3.8) is 0 Å². The fraction of sp³-hybridized carbons (Fsp3) is 0.182. The number of nitrogens with zero attached hydrogens (tertiary/aromatic N) is 1. The van der Waals surface area contributed by atoms with Gasteiger partial charge in [0.1, 0.15) is 6.04 Å². The molecule has 20 heavy (non-hydrogen) atoms. The minimum atomic E-state index is -1.25. The van der Waals surface area contributed by atoms with Crippen molar-refractivity contribution in [1.82, 2.24) is 5.32 Å². The standard InChI is InChI=1S/C11H9N3O6/c15-9(16)4-8-11(18)12-7-2-1-5(14(19)20)3-6(7)10(17)13-8/h1-3,8H,4H2,(H,12,18)(H,13,17)(H,15,16). The van der Waals surface area contributed by atoms with Gasteiger partial charge in [0, 0.05) is 12.1 Å². The van der Waals surface area contributed by atoms with Crippen LogP contribution in [-0.4, -0.2) is 33.9 Å². The van der Waals surface area contributed by atoms with Crippen LogP contribution in [0, 0.1) is 10.1 Å². The molecular formula is C11H9N3O6. The van der Waals surface area contributed by atoms with Crippen LogP contribution < -0.4 is 10.6 Å². The van der Waals surface area contributed by atoms with E-state index in [0.717, 1.165) is 12.1 Å². The van der Waals surface area contributed by atoms with E-state index in [9.17, 15) is 24.5 Å². The van der Waals surface area contributed by atoms with Gasteiger partial charge in [0.25, 0.3) is 11.6 Å². The fourth-order valence-corrected chi connectivity index (χ4v) is 1.78. The van der Waals surface area contributed by atoms with Gasteiger partial charge in [0.15, 0.2) is 0 Å². The highest BCUT2D eigenvalue weighted by atomic mass is 16.6. The van der Waals surface area contributed by atoms with E-state index in [2.05, 4.69) is 10.6 Å². The van der Waals surface area contributed by atoms with Gasteiger partial charge >= 0.3 is 5.97 Å². The Morgan fingerprint density at radius 1 is 1.40 bits per heavy atom. The number of amides is 2. The first-order valence-electron chi connectivity index (χ1n) is 5.50. The number of hydrogen-bond acceptors (Lipinski definition) is 5. The van der Waals surface area contributed by atoms with Gasteiger partial charge in [-0.3, -0.25) is 24.5 Å². The Morgan fingerprint density at radius 2 is 2.10 bits per heavy atom. The normalized spacial score (nSPS) is 17.5. The molecule has 1 heterocycles. The van der Waals surface area contributed by atoms with Gasteiger partial charge < -0.3 is 15.7 Å². The van der Waals surface area contributed by atoms with Gasteiger partial charge in [-0.2, -0.15) is 0 Å². The molecule has 0 saturated heterocycles. The van der Waals surface area contributed by atoms with Crippen LogP contribution in [0.3, 0.4) is 0 Å². The summed E-state index contributed by atoms with van der Waals surface area (Å²) in [5.41, 5.74) is -0.281. The van der Waals surface area contributed by atoms with Crippen LogP contribution in [0.25, 0.3) is 0 Å². The number of carboxylic acid groups (broad SMARTS) is 1. The number of carbonyl (C=O) groups excluding carboxylic acids is 2. The largest absolute Gasteiger partial charge is 0.481 e. The molecule has 0 spiro atoms. The summed E-state index contributed by atoms with van der Waals surface area (Å²) in [6.07, 6.45) is -0.576. The molecule has 1 unspecified atom stereocenters. The van der Waals surface area contributed by atoms with Crippen molar-refractivity contribution in [2.24, 2.45) is 0 Å². The quantitative estimate of drug-likeness (QED) is 0.530. The van der Waals surface area contributed by atoms with E-state index in [1.54, 1.807) is 0 Å². The first-order valence-corrected chi connectivity index (χ1v) is 5.50. The van der Waals surface area contributed by atoms with Crippen LogP contribution in [0.5, 0.6) is 0 Å². The predicted molar refractivity (Wildman–Crippen MR) is 65.2 cm³/mol. The second-order valence-electron chi connectivity index (χ2n) is 4.10. The Balaban J connectivity index is 2.38. The van der Waals surface area contributed by atoms with E-state index in [4.69, 9.17) is 5.11 Å². The van der Waals surface area contributed by atoms with Crippen molar-refractivity contribution in [2.45, 2.75) is 12.5 Å². The van der Waals surface area contributed by atoms with E-state index in [0.29, 0.717) is 0 Å². The average molecular weight is 279 g/mol. The highest BCUT2D eigenvalue weighted by Gasteiger charge is 2.30. The molecule has 0 radical (unpaired) electrons. The molecular weight excluding hydrogens is 270 g/mol. The lowest BCUT2D eigenvalue weighted by Gasteiger charge is -2.11. The molecule has 1 aromatic carbocycles. The average Bonchev–Trinajstić information content (AvgIpc) is 2.47. The van der Waals surface area contributed by atoms with Crippen molar-refractivity contribution in [1.29, 1.82) is 0 Å². The van der Waals surface area contributed by atoms with Gasteiger partial charge in [-0.1, -0.05) is 0 Å². The lowest BCUT2D eigenvalue weighted by Crippen LogP contribution is -2.42. The zero-order valence-electron chi connectivity index (χ0n) is 9.95. The Hall–Kier alpha value is -2.97. The van der Waals surface area contributed by atoms with E-state index < -0.39 is 35.2 Å². The molecule has 1 aromatic rings. The minimum Gasteiger partial charge on any atom is -0.481 e. The number of rotatable bonds is 3. The molecule has 3 N–H and O–H groups in total. The lowest BCUT2D eigenvalue weighted by molar-refractivity contribution is -0.384. The monoisotopic (exact) mass is 279 g/mol. The number of carboxylic acids is 1. The molecule has 1 aliphatic rings. The molecule has 0 aromatic heterocycles. The zero-order chi connectivity index (χ0) is 14.9. The third kappa shape index (κ3) is 2.55. The summed E-state index contributed by atoms with van der Waals surface area (Å²) in [5.74, 6) is -2.68. The van der Waals surface area contributed by atoms with Crippen molar-refractivity contribution < 1.29 is 24.4 Å². The summed E-state index contributed by atoms with van der Waals surface area (Å²) in [5, 5.41) is 23.9. The molecule has 104 valence electrons. The molecule has 9 heteroatoms. The van der Waals surface area contributed by atoms with E-state index in [-0.39, 0.29) is 16.9 Å². The van der Waals surface area contributed by atoms with Gasteiger partial charge in [-0.25, -0.2) is 0 Å². The van der Waals surface area contributed by atoms with Crippen molar-refractivity contribution in [2.75, 3.05) is 5.32 Å². The van der Waals surface area contributed by atoms with Gasteiger partial charge in [0.05, 0.1) is 22.6 Å². The summed E-state index contributed by atoms with van der Waals surface area (Å²) in [7, 11) is 0. The number of hydrogen-bond donors (Lipinski definition) is 3. The predicted octanol–water partition coefficient (Wildman–Crippen LogP) is 0.120. The lowest BCUT2D eigenvalue weighted by atomic mass is 10.1. The van der Waals surface area contributed by atoms with Crippen LogP contribution >= 0.6 is 0 Å². The van der Waals surface area contributed by atoms with Crippen molar-refractivity contribution in [3.05, 3.63) is 33.9 Å². The smallest absolute Gasteiger partial charge is 0.305 e. The third-order valence-electron chi connectivity index (χ3n) is 2.72. The van der Waals surface area contributed by atoms with Crippen LogP contribution in [0.4, 0.5) is 11.4 Å². The number of benzene rings is 1. The van der Waals surface area contributed by atoms with Crippen LogP contribution in [0.2, 0.25) is 0 Å². The summed E-state index contributed by atoms with van der Waals surface area (Å²) in [6.45, 7) is 0. The maximum atomic E-state index is 11.9. The Bertz CT molecular complexity index is 627. The SMILES string of the molecule is O=C(O)CC1NC(=O)c2cc([N+](=O)[O-])ccc2NC1=O. The minimum absolute atomic E-state index is 0.0829. The fourth-order valence-electron chi connectivity index (χ4n) is 1.78. The number of nitro groups is 1. The van der Waals surface area contributed by atoms with Crippen LogP contribution in [-0.2, 0) is 9.59 Å². The Kier molecular flexibility index (Phi) is 3.34. The van der Waals surface area contributed by atoms with Gasteiger partial charge in [-0.15, -0.1) is 0 Å². The number of aliphatic carboxylic acids is 1. The molecule has 9 nitrogen and oxygen atoms in total. The van der Waals surface area contributed by atoms with Crippen LogP contribution in [0.1, 0.15) is 16.8 Å². The van der Waals surface area contributed by atoms with E-state index in [1.165, 1.54) is 6.07 Å². The highest BCUT2D eigenvalue weighted by Crippen LogP contribution is 2.24. The topological polar surface area (TPSA) is 139 Å². The first-order chi connectivity index (χ1) is 9.38. The Labute approximate surface area is 111 Å². The van der Waals surface area contributed by atoms with Crippen molar-refractivity contribution >= 4 is 29.2 Å². The molecule has 2 rings (SSSR count). The second-order valence-corrected chi connectivity index (χ2v) is 4.10. The summed E-state index contributed by atoms with van der Waals surface area (Å²) in [4.78, 5) is 44.3. The highest BCUT2D eigenvalue weighted by molar-refractivity contribution is 6.10. The van der Waals surface area contributed by atoms with Crippen LogP contribution in [0.15, 0.2) is 18.2 Å². The molecule has 1 aliphatic heterocycles. The Morgan fingerprint density at radius 3 is 2.70 bits per heavy atom. The first kappa shape index (κ1) is 13.5. The summed E-state index contributed by atoms with van der Waals surface area (Å²) >= 11 is 0. The number of non-ortho nitro benzene ring substituents is 1. The number of anilines is 1. The molecule has 0 aliphatic carbocycles. The van der Waals surface area contributed by atoms with Crippen molar-refractivity contribution in [3.8, 4) is 0 Å². The number of nitrogens with one attached hydrogen (secondary N) is 2. The third-order valence-corrected chi connectivity index (χ3v) is 2.72. The number of carbonyl (C=O) groups is 3. The maximum Gasteiger partial charge on any atom is 0.305 e. The molecule has 0 fully saturated rings. The maximum absolute atomic E-state index is 11.9.